The number of nitrogens with zero attached hydrogens (tertiary/aromatic N) is 2. The molecule has 1 radical (unpaired) electrons. The van der Waals surface area contributed by atoms with Gasteiger partial charge in [0.1, 0.15) is 11.5 Å². The Bertz CT molecular complexity index is 853. The standard InChI is InChI=1S/C20H20N2O2.C2H6.CH3.Rb.Y/c1-15-14-21-19(22-20(15)23)9-5-6-16-10-12-18(13-11-16)24-17-7-3-2-4-8-17;1-2;;;/h2-4,7-8,10-14H,5-6,9H2,1H3,(H,21,22,23);1-2H3;1H3;;/q;;-1;+1;/p-1. The van der Waals surface area contributed by atoms with E-state index in [2.05, 4.69) is 22.1 Å². The molecular weight excluding hydrogens is 511 g/mol. The molecule has 0 saturated carbocycles. The summed E-state index contributed by atoms with van der Waals surface area (Å²) in [4.78, 5) is 19.7. The molecule has 0 spiro atoms. The van der Waals surface area contributed by atoms with E-state index in [1.807, 2.05) is 56.3 Å². The van der Waals surface area contributed by atoms with E-state index in [9.17, 15) is 4.79 Å². The van der Waals surface area contributed by atoms with Gasteiger partial charge in [-0.2, -0.15) is 0 Å². The summed E-state index contributed by atoms with van der Waals surface area (Å²) in [5.74, 6) is 2.27. The molecule has 2 aromatic carbocycles. The third-order valence-corrected chi connectivity index (χ3v) is 3.74. The fourth-order valence-corrected chi connectivity index (χ4v) is 2.38. The van der Waals surface area contributed by atoms with E-state index in [4.69, 9.17) is 4.74 Å². The maximum atomic E-state index is 11.5. The molecule has 3 rings (SSSR count). The van der Waals surface area contributed by atoms with Gasteiger partial charge < -0.3 is 22.1 Å². The average molecular weight is 539 g/mol. The average Bonchev–Trinajstić information content (AvgIpc) is 2.68. The van der Waals surface area contributed by atoms with Crippen LogP contribution in [0.5, 0.6) is 11.5 Å². The zero-order valence-corrected chi connectivity index (χ0v) is 25.9. The van der Waals surface area contributed by atoms with Gasteiger partial charge in [-0.25, -0.2) is 0 Å². The third kappa shape index (κ3) is 11.3. The van der Waals surface area contributed by atoms with Crippen LogP contribution < -0.4 is 73.5 Å². The molecule has 3 aromatic rings. The number of aromatic nitrogens is 2. The van der Waals surface area contributed by atoms with Crippen molar-refractivity contribution in [2.45, 2.75) is 40.0 Å². The SMILES string of the molecule is CC.Cc1c[n-]c(CCCc2ccc(Oc3ccccc3)cc2)nc1=O.[CH3-].[Rb+].[Y]. The molecule has 0 atom stereocenters. The number of para-hydroxylation sites is 1. The van der Waals surface area contributed by atoms with Gasteiger partial charge in [0.2, 0.25) is 0 Å². The van der Waals surface area contributed by atoms with Gasteiger partial charge in [-0.05, 0) is 61.6 Å². The van der Waals surface area contributed by atoms with Gasteiger partial charge in [0.05, 0.1) is 0 Å². The smallest absolute Gasteiger partial charge is 0.457 e. The first-order valence-corrected chi connectivity index (χ1v) is 9.02. The van der Waals surface area contributed by atoms with Crippen LogP contribution in [0.4, 0.5) is 0 Å². The summed E-state index contributed by atoms with van der Waals surface area (Å²) in [6.45, 7) is 5.73. The van der Waals surface area contributed by atoms with E-state index in [0.717, 1.165) is 24.3 Å². The van der Waals surface area contributed by atoms with Crippen molar-refractivity contribution in [1.82, 2.24) is 9.97 Å². The van der Waals surface area contributed by atoms with Gasteiger partial charge in [0.25, 0.3) is 0 Å². The fourth-order valence-electron chi connectivity index (χ4n) is 2.38. The molecule has 1 heterocycles. The minimum Gasteiger partial charge on any atom is -0.457 e. The summed E-state index contributed by atoms with van der Waals surface area (Å²) in [5.41, 5.74) is 1.64. The molecule has 0 saturated heterocycles. The van der Waals surface area contributed by atoms with Crippen molar-refractivity contribution >= 4 is 0 Å². The number of hydrogen-bond acceptors (Lipinski definition) is 3. The van der Waals surface area contributed by atoms with Crippen molar-refractivity contribution < 1.29 is 95.6 Å². The minimum atomic E-state index is -0.178. The summed E-state index contributed by atoms with van der Waals surface area (Å²) in [6.07, 6.45) is 4.12. The quantitative estimate of drug-likeness (QED) is 0.452. The second kappa shape index (κ2) is 17.7. The molecule has 0 fully saturated rings. The summed E-state index contributed by atoms with van der Waals surface area (Å²) in [7, 11) is 0. The first-order valence-electron chi connectivity index (χ1n) is 9.02. The third-order valence-electron chi connectivity index (χ3n) is 3.74. The van der Waals surface area contributed by atoms with Crippen LogP contribution in [-0.4, -0.2) is 4.98 Å². The molecule has 0 N–H and O–H groups in total. The number of hydrogen-bond donors (Lipinski definition) is 0. The zero-order chi connectivity index (χ0) is 18.8. The van der Waals surface area contributed by atoms with Crippen LogP contribution in [0.2, 0.25) is 0 Å². The number of aryl methyl sites for hydroxylation is 3. The van der Waals surface area contributed by atoms with E-state index >= 15 is 0 Å². The molecule has 0 amide bonds. The number of benzene rings is 2. The molecule has 4 nitrogen and oxygen atoms in total. The van der Waals surface area contributed by atoms with E-state index in [-0.39, 0.29) is 104 Å². The van der Waals surface area contributed by atoms with E-state index in [0.29, 0.717) is 17.8 Å². The monoisotopic (exact) mass is 538 g/mol. The van der Waals surface area contributed by atoms with Crippen molar-refractivity contribution in [2.75, 3.05) is 0 Å². The van der Waals surface area contributed by atoms with Gasteiger partial charge >= 0.3 is 58.2 Å². The fraction of sp³-hybridized carbons (Fsp3) is 0.261. The van der Waals surface area contributed by atoms with Crippen LogP contribution in [0, 0.1) is 14.4 Å². The van der Waals surface area contributed by atoms with Gasteiger partial charge in [-0.3, -0.25) is 4.79 Å². The molecule has 147 valence electrons. The number of ether oxygens (including phenoxy) is 1. The Hall–Kier alpha value is 0.0291. The van der Waals surface area contributed by atoms with Crippen LogP contribution >= 0.6 is 0 Å². The Morgan fingerprint density at radius 2 is 1.52 bits per heavy atom. The normalized spacial score (nSPS) is 8.93. The van der Waals surface area contributed by atoms with E-state index in [1.165, 1.54) is 5.56 Å². The molecule has 29 heavy (non-hydrogen) atoms. The molecule has 0 bridgehead atoms. The van der Waals surface area contributed by atoms with Gasteiger partial charge in [0, 0.05) is 32.7 Å². The molecule has 0 aliphatic rings. The molecule has 1 aromatic heterocycles. The van der Waals surface area contributed by atoms with Gasteiger partial charge in [-0.1, -0.05) is 56.2 Å². The van der Waals surface area contributed by atoms with Crippen LogP contribution in [0.3, 0.4) is 0 Å². The summed E-state index contributed by atoms with van der Waals surface area (Å²) >= 11 is 0. The topological polar surface area (TPSA) is 53.3 Å². The second-order valence-corrected chi connectivity index (χ2v) is 5.69. The van der Waals surface area contributed by atoms with Crippen LogP contribution in [0.25, 0.3) is 0 Å². The summed E-state index contributed by atoms with van der Waals surface area (Å²) in [6, 6.07) is 17.8. The Morgan fingerprint density at radius 1 is 0.931 bits per heavy atom. The largest absolute Gasteiger partial charge is 1.00 e. The van der Waals surface area contributed by atoms with E-state index in [1.54, 1.807) is 13.1 Å². The first-order chi connectivity index (χ1) is 12.7. The number of rotatable bonds is 6. The van der Waals surface area contributed by atoms with Gasteiger partial charge in [-0.15, -0.1) is 0 Å². The van der Waals surface area contributed by atoms with Crippen molar-refractivity contribution in [1.29, 1.82) is 0 Å². The molecule has 0 unspecified atom stereocenters. The first kappa shape index (κ1) is 31.2. The molecular formula is C23H28N2O2RbY-. The maximum Gasteiger partial charge on any atom is 1.00 e. The van der Waals surface area contributed by atoms with Crippen LogP contribution in [0.15, 0.2) is 65.6 Å². The Morgan fingerprint density at radius 3 is 2.10 bits per heavy atom. The van der Waals surface area contributed by atoms with Crippen LogP contribution in [0.1, 0.15) is 37.2 Å². The Balaban J connectivity index is 0. The van der Waals surface area contributed by atoms with Crippen molar-refractivity contribution in [3.8, 4) is 11.5 Å². The molecule has 6 heteroatoms. The van der Waals surface area contributed by atoms with Crippen LogP contribution in [-0.2, 0) is 45.6 Å². The summed E-state index contributed by atoms with van der Waals surface area (Å²) < 4.78 is 5.78. The minimum absolute atomic E-state index is 0. The Labute approximate surface area is 249 Å². The predicted octanol–water partition coefficient (Wildman–Crippen LogP) is 2.15. The van der Waals surface area contributed by atoms with Crippen molar-refractivity contribution in [2.24, 2.45) is 0 Å². The van der Waals surface area contributed by atoms with Gasteiger partial charge in [0.15, 0.2) is 5.56 Å². The maximum absolute atomic E-state index is 11.5. The predicted molar refractivity (Wildman–Crippen MR) is 111 cm³/mol. The zero-order valence-electron chi connectivity index (χ0n) is 18.2. The van der Waals surface area contributed by atoms with E-state index < -0.39 is 0 Å². The second-order valence-electron chi connectivity index (χ2n) is 5.69. The molecule has 0 aliphatic heterocycles. The Kier molecular flexibility index (Phi) is 19.0. The van der Waals surface area contributed by atoms with Crippen molar-refractivity contribution in [3.05, 3.63) is 95.5 Å². The van der Waals surface area contributed by atoms with Crippen molar-refractivity contribution in [3.63, 3.8) is 0 Å². The summed E-state index contributed by atoms with van der Waals surface area (Å²) in [5, 5.41) is 0. The molecule has 0 aliphatic carbocycles.